The molecule has 0 fully saturated rings. The Morgan fingerprint density at radius 3 is 1.18 bits per heavy atom. The molecule has 0 atom stereocenters. The van der Waals surface area contributed by atoms with Crippen LogP contribution in [0.2, 0.25) is 0 Å². The van der Waals surface area contributed by atoms with E-state index in [2.05, 4.69) is 0 Å². The Morgan fingerprint density at radius 1 is 0.682 bits per heavy atom. The first-order valence-corrected chi connectivity index (χ1v) is 8.37. The number of hydrogen-bond donors (Lipinski definition) is 2. The van der Waals surface area contributed by atoms with Crippen LogP contribution in [0, 0.1) is 0 Å². The number of benzene rings is 2. The topological polar surface area (TPSA) is 118 Å². The van der Waals surface area contributed by atoms with Crippen LogP contribution in [0.3, 0.4) is 0 Å². The van der Waals surface area contributed by atoms with E-state index in [1.54, 1.807) is 0 Å². The summed E-state index contributed by atoms with van der Waals surface area (Å²) in [5, 5.41) is 0. The average molecular weight is 354 g/mol. The standard InChI is InChI=1S/C12H10O7S2.Na.H/c13-20(14,15)11-5-1-9(2-6-11)19-10-3-7-12(8-4-10)21(16,17)18;;/h1-8H,(H,13,14,15)(H,16,17,18);;/q;+1;-1. The molecule has 2 aromatic rings. The fourth-order valence-electron chi connectivity index (χ4n) is 1.50. The average Bonchev–Trinajstić information content (AvgIpc) is 2.38. The van der Waals surface area contributed by atoms with Crippen molar-refractivity contribution in [2.24, 2.45) is 0 Å². The summed E-state index contributed by atoms with van der Waals surface area (Å²) in [6.07, 6.45) is 0. The van der Waals surface area contributed by atoms with Gasteiger partial charge >= 0.3 is 29.6 Å². The van der Waals surface area contributed by atoms with Crippen LogP contribution < -0.4 is 34.3 Å². The van der Waals surface area contributed by atoms with E-state index in [0.717, 1.165) is 24.3 Å². The normalized spacial score (nSPS) is 11.5. The van der Waals surface area contributed by atoms with Crippen LogP contribution in [0.5, 0.6) is 11.5 Å². The van der Waals surface area contributed by atoms with Crippen LogP contribution in [-0.2, 0) is 20.2 Å². The molecule has 10 heteroatoms. The maximum Gasteiger partial charge on any atom is 1.00 e. The largest absolute Gasteiger partial charge is 1.00 e. The molecule has 0 aromatic heterocycles. The van der Waals surface area contributed by atoms with Gasteiger partial charge in [-0.05, 0) is 48.5 Å². The van der Waals surface area contributed by atoms with Gasteiger partial charge in [-0.2, -0.15) is 16.8 Å². The molecule has 0 saturated carbocycles. The van der Waals surface area contributed by atoms with Crippen molar-refractivity contribution in [2.75, 3.05) is 0 Å². The molecule has 0 spiro atoms. The molecule has 114 valence electrons. The van der Waals surface area contributed by atoms with Crippen molar-refractivity contribution in [1.29, 1.82) is 0 Å². The second kappa shape index (κ2) is 7.09. The second-order valence-corrected chi connectivity index (χ2v) is 6.84. The van der Waals surface area contributed by atoms with Gasteiger partial charge in [-0.1, -0.05) is 0 Å². The molecular formula is C12H11NaO7S2. The van der Waals surface area contributed by atoms with E-state index >= 15 is 0 Å². The van der Waals surface area contributed by atoms with Crippen LogP contribution in [0.4, 0.5) is 0 Å². The maximum absolute atomic E-state index is 10.9. The first-order chi connectivity index (χ1) is 9.66. The zero-order valence-electron chi connectivity index (χ0n) is 12.4. The van der Waals surface area contributed by atoms with Crippen molar-refractivity contribution in [2.45, 2.75) is 9.79 Å². The molecule has 0 bridgehead atoms. The minimum atomic E-state index is -4.26. The van der Waals surface area contributed by atoms with E-state index < -0.39 is 20.2 Å². The maximum atomic E-state index is 10.9. The Bertz CT molecular complexity index is 774. The van der Waals surface area contributed by atoms with Gasteiger partial charge in [0.15, 0.2) is 0 Å². The summed E-state index contributed by atoms with van der Waals surface area (Å²) in [5.41, 5.74) is 0. The van der Waals surface area contributed by atoms with Crippen LogP contribution >= 0.6 is 0 Å². The van der Waals surface area contributed by atoms with Crippen LogP contribution in [0.25, 0.3) is 0 Å². The predicted molar refractivity (Wildman–Crippen MR) is 73.7 cm³/mol. The minimum absolute atomic E-state index is 0. The molecule has 0 saturated heterocycles. The number of ether oxygens (including phenoxy) is 1. The zero-order chi connectivity index (χ0) is 15.7. The summed E-state index contributed by atoms with van der Waals surface area (Å²) in [7, 11) is -8.53. The molecule has 0 aliphatic carbocycles. The van der Waals surface area contributed by atoms with E-state index in [4.69, 9.17) is 13.8 Å². The molecule has 2 aromatic carbocycles. The van der Waals surface area contributed by atoms with Gasteiger partial charge in [-0.15, -0.1) is 0 Å². The summed E-state index contributed by atoms with van der Waals surface area (Å²) in [6, 6.07) is 9.99. The predicted octanol–water partition coefficient (Wildman–Crippen LogP) is -0.911. The van der Waals surface area contributed by atoms with Gasteiger partial charge < -0.3 is 6.16 Å². The van der Waals surface area contributed by atoms with E-state index in [9.17, 15) is 16.8 Å². The van der Waals surface area contributed by atoms with Gasteiger partial charge in [-0.25, -0.2) is 0 Å². The Morgan fingerprint density at radius 2 is 0.955 bits per heavy atom. The van der Waals surface area contributed by atoms with E-state index in [1.807, 2.05) is 0 Å². The van der Waals surface area contributed by atoms with Crippen LogP contribution in [0.15, 0.2) is 58.3 Å². The second-order valence-electron chi connectivity index (χ2n) is 4.00. The van der Waals surface area contributed by atoms with Crippen LogP contribution in [-0.4, -0.2) is 25.9 Å². The van der Waals surface area contributed by atoms with E-state index in [-0.39, 0.29) is 40.8 Å². The van der Waals surface area contributed by atoms with Gasteiger partial charge in [-0.3, -0.25) is 9.11 Å². The minimum Gasteiger partial charge on any atom is -1.00 e. The van der Waals surface area contributed by atoms with Crippen molar-refractivity contribution in [3.63, 3.8) is 0 Å². The van der Waals surface area contributed by atoms with Gasteiger partial charge in [0.1, 0.15) is 11.5 Å². The van der Waals surface area contributed by atoms with Gasteiger partial charge in [0, 0.05) is 0 Å². The number of rotatable bonds is 4. The first kappa shape index (κ1) is 19.1. The molecule has 0 heterocycles. The van der Waals surface area contributed by atoms with Crippen molar-refractivity contribution in [3.05, 3.63) is 48.5 Å². The molecule has 0 aliphatic rings. The van der Waals surface area contributed by atoms with Crippen LogP contribution in [0.1, 0.15) is 1.43 Å². The Kier molecular flexibility index (Phi) is 6.16. The molecule has 0 amide bonds. The fourth-order valence-corrected chi connectivity index (χ4v) is 2.46. The van der Waals surface area contributed by atoms with Gasteiger partial charge in [0.25, 0.3) is 20.2 Å². The quantitative estimate of drug-likeness (QED) is 0.539. The summed E-state index contributed by atoms with van der Waals surface area (Å²) in [4.78, 5) is -0.534. The SMILES string of the molecule is O=S(=O)(O)c1ccc(Oc2ccc(S(=O)(=O)O)cc2)cc1.[H-].[Na+]. The first-order valence-electron chi connectivity index (χ1n) is 5.49. The summed E-state index contributed by atoms with van der Waals surface area (Å²) in [6.45, 7) is 0. The molecule has 0 unspecified atom stereocenters. The summed E-state index contributed by atoms with van der Waals surface area (Å²) in [5.74, 6) is 0.587. The third-order valence-electron chi connectivity index (χ3n) is 2.48. The molecule has 22 heavy (non-hydrogen) atoms. The zero-order valence-corrected chi connectivity index (χ0v) is 15.0. The summed E-state index contributed by atoms with van der Waals surface area (Å²) < 4.78 is 66.5. The Balaban J connectivity index is 0.00000242. The molecule has 2 N–H and O–H groups in total. The molecular weight excluding hydrogens is 343 g/mol. The molecule has 0 aliphatic heterocycles. The number of hydrogen-bond acceptors (Lipinski definition) is 5. The van der Waals surface area contributed by atoms with Crippen molar-refractivity contribution in [3.8, 4) is 11.5 Å². The Hall–Kier alpha value is -0.940. The van der Waals surface area contributed by atoms with Crippen molar-refractivity contribution < 1.29 is 61.7 Å². The van der Waals surface area contributed by atoms with Gasteiger partial charge in [0.05, 0.1) is 9.79 Å². The van der Waals surface area contributed by atoms with Crippen molar-refractivity contribution in [1.82, 2.24) is 0 Å². The van der Waals surface area contributed by atoms with E-state index in [0.29, 0.717) is 11.5 Å². The van der Waals surface area contributed by atoms with E-state index in [1.165, 1.54) is 24.3 Å². The molecule has 2 rings (SSSR count). The fraction of sp³-hybridized carbons (Fsp3) is 0. The Labute approximate surface area is 151 Å². The summed E-state index contributed by atoms with van der Waals surface area (Å²) >= 11 is 0. The third-order valence-corrected chi connectivity index (χ3v) is 4.21. The van der Waals surface area contributed by atoms with Gasteiger partial charge in [0.2, 0.25) is 0 Å². The smallest absolute Gasteiger partial charge is 1.00 e. The molecule has 7 nitrogen and oxygen atoms in total. The monoisotopic (exact) mass is 354 g/mol. The third kappa shape index (κ3) is 5.06. The van der Waals surface area contributed by atoms with Crippen molar-refractivity contribution >= 4 is 20.2 Å². The molecule has 0 radical (unpaired) electrons.